The standard InChI is InChI=1S/C21H31F2N7O4S/c1-27(2)6-4-24-19(31)30-9-8-28(7-5-26-30)18-16(22)10-14(11-17(18)23)29-13-15(34-21(29)32)12-25-20(35)33-3/h10-11,15,26H,4-9,12-13H2,1-3H3,(H,24,31)(H,25,35)/t15-/m0/s1. The number of cyclic esters (lactones) is 1. The minimum absolute atomic E-state index is 0.0559. The van der Waals surface area contributed by atoms with Crippen LogP contribution in [-0.4, -0.2) is 107 Å². The average Bonchev–Trinajstić information content (AvgIpc) is 3.01. The molecule has 0 aromatic heterocycles. The number of rotatable bonds is 7. The Kier molecular flexibility index (Phi) is 9.23. The molecule has 2 aliphatic rings. The van der Waals surface area contributed by atoms with E-state index in [2.05, 4.69) is 16.1 Å². The zero-order valence-corrected chi connectivity index (χ0v) is 20.8. The fourth-order valence-corrected chi connectivity index (χ4v) is 3.81. The van der Waals surface area contributed by atoms with E-state index >= 15 is 8.78 Å². The predicted molar refractivity (Wildman–Crippen MR) is 130 cm³/mol. The number of nitrogens with one attached hydrogen (secondary N) is 3. The summed E-state index contributed by atoms with van der Waals surface area (Å²) in [6, 6.07) is 1.92. The van der Waals surface area contributed by atoms with Crippen molar-refractivity contribution in [3.05, 3.63) is 23.8 Å². The number of carbonyl (C=O) groups is 2. The molecular weight excluding hydrogens is 484 g/mol. The quantitative estimate of drug-likeness (QED) is 0.453. The molecular formula is C21H31F2N7O4S. The summed E-state index contributed by atoms with van der Waals surface area (Å²) in [6.45, 7) is 2.53. The second-order valence-electron chi connectivity index (χ2n) is 8.33. The Morgan fingerprint density at radius 3 is 2.63 bits per heavy atom. The first-order valence-corrected chi connectivity index (χ1v) is 11.6. The molecule has 2 saturated heterocycles. The van der Waals surface area contributed by atoms with Gasteiger partial charge in [-0.05, 0) is 26.3 Å². The molecule has 0 unspecified atom stereocenters. The van der Waals surface area contributed by atoms with Crippen LogP contribution in [0.2, 0.25) is 0 Å². The minimum Gasteiger partial charge on any atom is -0.474 e. The van der Waals surface area contributed by atoms with Crippen LogP contribution in [0.3, 0.4) is 0 Å². The maximum Gasteiger partial charge on any atom is 0.414 e. The number of nitrogens with zero attached hydrogens (tertiary/aromatic N) is 4. The van der Waals surface area contributed by atoms with Gasteiger partial charge in [0.1, 0.15) is 11.8 Å². The lowest BCUT2D eigenvalue weighted by Gasteiger charge is -2.25. The SMILES string of the molecule is COC(=S)NC[C@H]1CN(c2cc(F)c(N3CCNN(C(=O)NCCN(C)C)CC3)c(F)c2)C(=O)O1. The van der Waals surface area contributed by atoms with Crippen LogP contribution < -0.4 is 25.9 Å². The molecule has 11 nitrogen and oxygen atoms in total. The molecule has 2 fully saturated rings. The third kappa shape index (κ3) is 7.02. The molecule has 1 aromatic carbocycles. The molecule has 3 rings (SSSR count). The highest BCUT2D eigenvalue weighted by atomic mass is 32.1. The van der Waals surface area contributed by atoms with Gasteiger partial charge in [-0.2, -0.15) is 0 Å². The second-order valence-corrected chi connectivity index (χ2v) is 8.70. The van der Waals surface area contributed by atoms with Crippen molar-refractivity contribution < 1.29 is 27.8 Å². The molecule has 0 saturated carbocycles. The number of urea groups is 1. The third-order valence-electron chi connectivity index (χ3n) is 5.52. The summed E-state index contributed by atoms with van der Waals surface area (Å²) in [5, 5.41) is 7.14. The highest BCUT2D eigenvalue weighted by molar-refractivity contribution is 7.80. The fourth-order valence-electron chi connectivity index (χ4n) is 3.73. The number of likely N-dealkylation sites (N-methyl/N-ethyl adjacent to an activating group) is 1. The van der Waals surface area contributed by atoms with Crippen molar-refractivity contribution in [1.82, 2.24) is 26.0 Å². The summed E-state index contributed by atoms with van der Waals surface area (Å²) in [5.41, 5.74) is 2.83. The number of hydrazine groups is 1. The molecule has 1 aromatic rings. The van der Waals surface area contributed by atoms with Crippen LogP contribution in [0, 0.1) is 11.6 Å². The van der Waals surface area contributed by atoms with Gasteiger partial charge in [-0.25, -0.2) is 23.8 Å². The number of anilines is 2. The molecule has 0 spiro atoms. The van der Waals surface area contributed by atoms with Crippen LogP contribution >= 0.6 is 12.2 Å². The Balaban J connectivity index is 1.63. The molecule has 0 bridgehead atoms. The maximum absolute atomic E-state index is 15.1. The van der Waals surface area contributed by atoms with Crippen LogP contribution in [0.5, 0.6) is 0 Å². The smallest absolute Gasteiger partial charge is 0.414 e. The van der Waals surface area contributed by atoms with Gasteiger partial charge in [0.2, 0.25) is 0 Å². The van der Waals surface area contributed by atoms with E-state index in [0.29, 0.717) is 19.6 Å². The van der Waals surface area contributed by atoms with E-state index in [-0.39, 0.29) is 55.3 Å². The molecule has 194 valence electrons. The molecule has 2 heterocycles. The van der Waals surface area contributed by atoms with Gasteiger partial charge < -0.3 is 29.9 Å². The number of methoxy groups -OCH3 is 1. The number of hydrogen-bond donors (Lipinski definition) is 3. The molecule has 0 radical (unpaired) electrons. The molecule has 0 aliphatic carbocycles. The van der Waals surface area contributed by atoms with Gasteiger partial charge in [0, 0.05) is 44.9 Å². The van der Waals surface area contributed by atoms with Crippen molar-refractivity contribution >= 4 is 40.9 Å². The lowest BCUT2D eigenvalue weighted by Crippen LogP contribution is -2.50. The first-order valence-electron chi connectivity index (χ1n) is 11.2. The molecule has 1 atom stereocenters. The normalized spacial score (nSPS) is 18.4. The minimum atomic E-state index is -0.807. The molecule has 2 aliphatic heterocycles. The lowest BCUT2D eigenvalue weighted by atomic mass is 10.2. The Morgan fingerprint density at radius 1 is 1.26 bits per heavy atom. The van der Waals surface area contributed by atoms with Gasteiger partial charge in [-0.1, -0.05) is 0 Å². The number of benzene rings is 1. The van der Waals surface area contributed by atoms with Gasteiger partial charge >= 0.3 is 12.1 Å². The van der Waals surface area contributed by atoms with Crippen molar-refractivity contribution in [1.29, 1.82) is 0 Å². The zero-order chi connectivity index (χ0) is 25.5. The average molecular weight is 516 g/mol. The van der Waals surface area contributed by atoms with Crippen LogP contribution in [-0.2, 0) is 9.47 Å². The van der Waals surface area contributed by atoms with Crippen molar-refractivity contribution in [2.75, 3.05) is 83.4 Å². The predicted octanol–water partition coefficient (Wildman–Crippen LogP) is 0.709. The Morgan fingerprint density at radius 2 is 1.97 bits per heavy atom. The Labute approximate surface area is 208 Å². The van der Waals surface area contributed by atoms with E-state index in [9.17, 15) is 9.59 Å². The van der Waals surface area contributed by atoms with Gasteiger partial charge in [0.15, 0.2) is 11.6 Å². The van der Waals surface area contributed by atoms with E-state index in [1.807, 2.05) is 19.0 Å². The van der Waals surface area contributed by atoms with Crippen LogP contribution in [0.25, 0.3) is 0 Å². The van der Waals surface area contributed by atoms with E-state index in [1.54, 1.807) is 0 Å². The van der Waals surface area contributed by atoms with Crippen LogP contribution in [0.15, 0.2) is 12.1 Å². The van der Waals surface area contributed by atoms with Crippen molar-refractivity contribution in [2.45, 2.75) is 6.10 Å². The highest BCUT2D eigenvalue weighted by Gasteiger charge is 2.34. The number of carbonyl (C=O) groups excluding carboxylic acids is 2. The first-order chi connectivity index (χ1) is 16.7. The Bertz CT molecular complexity index is 916. The van der Waals surface area contributed by atoms with E-state index in [1.165, 1.54) is 21.9 Å². The van der Waals surface area contributed by atoms with Crippen molar-refractivity contribution in [3.63, 3.8) is 0 Å². The number of halogens is 2. The number of hydrogen-bond acceptors (Lipinski definition) is 8. The monoisotopic (exact) mass is 515 g/mol. The molecule has 14 heteroatoms. The van der Waals surface area contributed by atoms with Crippen molar-refractivity contribution in [3.8, 4) is 0 Å². The summed E-state index contributed by atoms with van der Waals surface area (Å²) >= 11 is 4.89. The topological polar surface area (TPSA) is 102 Å². The molecule has 3 N–H and O–H groups in total. The highest BCUT2D eigenvalue weighted by Crippen LogP contribution is 2.31. The van der Waals surface area contributed by atoms with E-state index in [0.717, 1.165) is 12.1 Å². The molecule has 35 heavy (non-hydrogen) atoms. The summed E-state index contributed by atoms with van der Waals surface area (Å²) < 4.78 is 40.2. The summed E-state index contributed by atoms with van der Waals surface area (Å²) in [6.07, 6.45) is -1.27. The summed E-state index contributed by atoms with van der Waals surface area (Å²) in [7, 11) is 5.22. The number of thiocarbonyl (C=S) groups is 1. The maximum atomic E-state index is 15.1. The first kappa shape index (κ1) is 26.6. The third-order valence-corrected chi connectivity index (χ3v) is 5.83. The van der Waals surface area contributed by atoms with Gasteiger partial charge in [0.05, 0.1) is 32.4 Å². The number of amides is 3. The van der Waals surface area contributed by atoms with Gasteiger partial charge in [-0.15, -0.1) is 0 Å². The number of ether oxygens (including phenoxy) is 2. The largest absolute Gasteiger partial charge is 0.474 e. The lowest BCUT2D eigenvalue weighted by molar-refractivity contribution is 0.142. The van der Waals surface area contributed by atoms with E-state index in [4.69, 9.17) is 21.7 Å². The van der Waals surface area contributed by atoms with Gasteiger partial charge in [0.25, 0.3) is 5.17 Å². The van der Waals surface area contributed by atoms with Crippen LogP contribution in [0.4, 0.5) is 29.7 Å². The summed E-state index contributed by atoms with van der Waals surface area (Å²) in [4.78, 5) is 29.3. The van der Waals surface area contributed by atoms with Crippen LogP contribution in [0.1, 0.15) is 0 Å². The Hall–Kier alpha value is -2.97. The van der Waals surface area contributed by atoms with Crippen molar-refractivity contribution in [2.24, 2.45) is 0 Å². The fraction of sp³-hybridized carbons (Fsp3) is 0.571. The summed E-state index contributed by atoms with van der Waals surface area (Å²) in [5.74, 6) is -1.61. The van der Waals surface area contributed by atoms with Gasteiger partial charge in [-0.3, -0.25) is 9.91 Å². The van der Waals surface area contributed by atoms with E-state index < -0.39 is 23.8 Å². The second kappa shape index (κ2) is 12.1. The zero-order valence-electron chi connectivity index (χ0n) is 20.0. The molecule has 3 amide bonds.